The van der Waals surface area contributed by atoms with Crippen LogP contribution in [0.3, 0.4) is 0 Å². The normalized spacial score (nSPS) is 30.2. The van der Waals surface area contributed by atoms with E-state index in [-0.39, 0.29) is 5.54 Å². The van der Waals surface area contributed by atoms with Gasteiger partial charge in [0.05, 0.1) is 6.10 Å². The zero-order valence-corrected chi connectivity index (χ0v) is 13.1. The second-order valence-electron chi connectivity index (χ2n) is 7.45. The van der Waals surface area contributed by atoms with Crippen molar-refractivity contribution in [3.05, 3.63) is 0 Å². The molecule has 1 aliphatic rings. The molecule has 0 spiro atoms. The van der Waals surface area contributed by atoms with Crippen LogP contribution in [0.25, 0.3) is 0 Å². The van der Waals surface area contributed by atoms with Crippen LogP contribution in [0.1, 0.15) is 47.5 Å². The topological polar surface area (TPSA) is 38.5 Å². The molecule has 1 rings (SSSR count). The summed E-state index contributed by atoms with van der Waals surface area (Å²) in [6.07, 6.45) is 2.47. The van der Waals surface area contributed by atoms with Crippen molar-refractivity contribution >= 4 is 0 Å². The van der Waals surface area contributed by atoms with Crippen molar-refractivity contribution < 1.29 is 4.74 Å². The summed E-state index contributed by atoms with van der Waals surface area (Å²) >= 11 is 0. The summed E-state index contributed by atoms with van der Waals surface area (Å²) in [6, 6.07) is 0. The number of nitrogens with zero attached hydrogens (tertiary/aromatic N) is 1. The molecule has 2 atom stereocenters. The minimum Gasteiger partial charge on any atom is -0.378 e. The van der Waals surface area contributed by atoms with Gasteiger partial charge in [0.1, 0.15) is 0 Å². The Hall–Kier alpha value is -0.120. The van der Waals surface area contributed by atoms with E-state index < -0.39 is 0 Å². The molecule has 0 saturated carbocycles. The second kappa shape index (κ2) is 5.89. The summed E-state index contributed by atoms with van der Waals surface area (Å²) in [5, 5.41) is 0. The number of hydrogen-bond donors (Lipinski definition) is 1. The Balaban J connectivity index is 2.78. The molecule has 0 aromatic carbocycles. The van der Waals surface area contributed by atoms with E-state index >= 15 is 0 Å². The molecule has 0 aromatic heterocycles. The van der Waals surface area contributed by atoms with Crippen LogP contribution in [0, 0.1) is 11.3 Å². The van der Waals surface area contributed by atoms with Crippen molar-refractivity contribution in [1.82, 2.24) is 4.90 Å². The molecule has 2 N–H and O–H groups in total. The fraction of sp³-hybridized carbons (Fsp3) is 1.00. The standard InChI is InChI=1S/C15H32N2O/c1-12(2)13-9-15(10-16,7-8-18-13)17(6)11-14(3,4)5/h12-13H,7-11,16H2,1-6H3. The number of nitrogens with two attached hydrogens (primary N) is 1. The zero-order chi connectivity index (χ0) is 14.0. The van der Waals surface area contributed by atoms with E-state index in [4.69, 9.17) is 10.5 Å². The predicted octanol–water partition coefficient (Wildman–Crippen LogP) is 2.50. The second-order valence-corrected chi connectivity index (χ2v) is 7.45. The van der Waals surface area contributed by atoms with Crippen molar-refractivity contribution in [3.63, 3.8) is 0 Å². The number of ether oxygens (including phenoxy) is 1. The number of rotatable bonds is 4. The lowest BCUT2D eigenvalue weighted by Gasteiger charge is -2.49. The summed E-state index contributed by atoms with van der Waals surface area (Å²) in [6.45, 7) is 14.0. The monoisotopic (exact) mass is 256 g/mol. The summed E-state index contributed by atoms with van der Waals surface area (Å²) in [5.41, 5.74) is 6.56. The van der Waals surface area contributed by atoms with Crippen LogP contribution in [-0.4, -0.2) is 43.3 Å². The Morgan fingerprint density at radius 1 is 1.39 bits per heavy atom. The fourth-order valence-electron chi connectivity index (χ4n) is 2.93. The van der Waals surface area contributed by atoms with E-state index in [1.54, 1.807) is 0 Å². The lowest BCUT2D eigenvalue weighted by Crippen LogP contribution is -2.59. The maximum atomic E-state index is 6.12. The molecule has 3 heteroatoms. The van der Waals surface area contributed by atoms with Gasteiger partial charge in [-0.15, -0.1) is 0 Å². The largest absolute Gasteiger partial charge is 0.378 e. The maximum absolute atomic E-state index is 6.12. The van der Waals surface area contributed by atoms with Crippen LogP contribution in [0.2, 0.25) is 0 Å². The van der Waals surface area contributed by atoms with Crippen molar-refractivity contribution in [2.75, 3.05) is 26.7 Å². The maximum Gasteiger partial charge on any atom is 0.0616 e. The van der Waals surface area contributed by atoms with E-state index in [0.29, 0.717) is 17.4 Å². The van der Waals surface area contributed by atoms with E-state index in [2.05, 4.69) is 46.6 Å². The molecule has 3 nitrogen and oxygen atoms in total. The molecule has 108 valence electrons. The summed E-state index contributed by atoms with van der Waals surface area (Å²) in [5.74, 6) is 0.569. The van der Waals surface area contributed by atoms with Crippen LogP contribution in [-0.2, 0) is 4.74 Å². The molecule has 1 heterocycles. The minimum absolute atomic E-state index is 0.125. The van der Waals surface area contributed by atoms with Gasteiger partial charge in [0.2, 0.25) is 0 Å². The van der Waals surface area contributed by atoms with Crippen LogP contribution < -0.4 is 5.73 Å². The zero-order valence-electron chi connectivity index (χ0n) is 13.1. The molecule has 0 radical (unpaired) electrons. The first-order valence-corrected chi connectivity index (χ1v) is 7.23. The minimum atomic E-state index is 0.125. The van der Waals surface area contributed by atoms with E-state index in [1.165, 1.54) is 0 Å². The van der Waals surface area contributed by atoms with Gasteiger partial charge in [-0.25, -0.2) is 0 Å². The Kier molecular flexibility index (Phi) is 5.22. The molecule has 18 heavy (non-hydrogen) atoms. The molecule has 1 aliphatic heterocycles. The molecule has 1 saturated heterocycles. The van der Waals surface area contributed by atoms with Gasteiger partial charge in [-0.2, -0.15) is 0 Å². The Labute approximate surface area is 113 Å². The third kappa shape index (κ3) is 3.94. The lowest BCUT2D eigenvalue weighted by atomic mass is 9.80. The van der Waals surface area contributed by atoms with Gasteiger partial charge < -0.3 is 10.5 Å². The highest BCUT2D eigenvalue weighted by Crippen LogP contribution is 2.33. The summed E-state index contributed by atoms with van der Waals surface area (Å²) < 4.78 is 5.89. The molecule has 0 aromatic rings. The number of hydrogen-bond acceptors (Lipinski definition) is 3. The molecular formula is C15H32N2O. The van der Waals surface area contributed by atoms with Gasteiger partial charge in [-0.05, 0) is 31.2 Å². The van der Waals surface area contributed by atoms with Crippen molar-refractivity contribution in [1.29, 1.82) is 0 Å². The highest BCUT2D eigenvalue weighted by molar-refractivity contribution is 4.96. The van der Waals surface area contributed by atoms with Gasteiger partial charge >= 0.3 is 0 Å². The first kappa shape index (κ1) is 15.9. The van der Waals surface area contributed by atoms with Gasteiger partial charge in [-0.3, -0.25) is 4.90 Å². The molecule has 0 aliphatic carbocycles. The third-order valence-corrected chi connectivity index (χ3v) is 4.13. The average Bonchev–Trinajstić information content (AvgIpc) is 2.26. The summed E-state index contributed by atoms with van der Waals surface area (Å²) in [7, 11) is 2.22. The highest BCUT2D eigenvalue weighted by atomic mass is 16.5. The van der Waals surface area contributed by atoms with Crippen molar-refractivity contribution in [2.24, 2.45) is 17.1 Å². The van der Waals surface area contributed by atoms with E-state index in [9.17, 15) is 0 Å². The number of likely N-dealkylation sites (N-methyl/N-ethyl adjacent to an activating group) is 1. The van der Waals surface area contributed by atoms with Gasteiger partial charge in [0.15, 0.2) is 0 Å². The molecular weight excluding hydrogens is 224 g/mol. The molecule has 2 unspecified atom stereocenters. The Bertz CT molecular complexity index is 260. The Morgan fingerprint density at radius 3 is 2.44 bits per heavy atom. The first-order chi connectivity index (χ1) is 8.20. The quantitative estimate of drug-likeness (QED) is 0.840. The summed E-state index contributed by atoms with van der Waals surface area (Å²) in [4.78, 5) is 2.48. The third-order valence-electron chi connectivity index (χ3n) is 4.13. The first-order valence-electron chi connectivity index (χ1n) is 7.23. The van der Waals surface area contributed by atoms with Crippen LogP contribution in [0.15, 0.2) is 0 Å². The molecule has 1 fully saturated rings. The predicted molar refractivity (Wildman–Crippen MR) is 77.7 cm³/mol. The van der Waals surface area contributed by atoms with Crippen LogP contribution in [0.4, 0.5) is 0 Å². The van der Waals surface area contributed by atoms with Crippen molar-refractivity contribution in [3.8, 4) is 0 Å². The molecule has 0 bridgehead atoms. The van der Waals surface area contributed by atoms with Gasteiger partial charge in [-0.1, -0.05) is 34.6 Å². The van der Waals surface area contributed by atoms with E-state index in [1.807, 2.05) is 0 Å². The fourth-order valence-corrected chi connectivity index (χ4v) is 2.93. The average molecular weight is 256 g/mol. The van der Waals surface area contributed by atoms with Crippen LogP contribution in [0.5, 0.6) is 0 Å². The van der Waals surface area contributed by atoms with Crippen molar-refractivity contribution in [2.45, 2.75) is 59.1 Å². The van der Waals surface area contributed by atoms with Gasteiger partial charge in [0.25, 0.3) is 0 Å². The highest BCUT2D eigenvalue weighted by Gasteiger charge is 2.41. The Morgan fingerprint density at radius 2 is 2.00 bits per heavy atom. The smallest absolute Gasteiger partial charge is 0.0616 e. The molecule has 0 amide bonds. The van der Waals surface area contributed by atoms with Gasteiger partial charge in [0, 0.05) is 25.2 Å². The lowest BCUT2D eigenvalue weighted by molar-refractivity contribution is -0.0865. The van der Waals surface area contributed by atoms with E-state index in [0.717, 1.165) is 32.5 Å². The SMILES string of the molecule is CC(C)C1CC(CN)(N(C)CC(C)(C)C)CCO1. The van der Waals surface area contributed by atoms with Crippen LogP contribution >= 0.6 is 0 Å².